The van der Waals surface area contributed by atoms with E-state index in [9.17, 15) is 16.8 Å². The summed E-state index contributed by atoms with van der Waals surface area (Å²) in [5.74, 6) is -0.904. The molecule has 0 aromatic carbocycles. The van der Waals surface area contributed by atoms with Crippen molar-refractivity contribution in [1.29, 1.82) is 0 Å². The number of rotatable bonds is 7. The van der Waals surface area contributed by atoms with E-state index in [0.717, 1.165) is 0 Å². The minimum atomic E-state index is -4.06. The van der Waals surface area contributed by atoms with Gasteiger partial charge in [0.1, 0.15) is 0 Å². The van der Waals surface area contributed by atoms with E-state index < -0.39 is 31.7 Å². The molecule has 10 heteroatoms. The average molecular weight is 270 g/mol. The van der Waals surface area contributed by atoms with E-state index in [2.05, 4.69) is 8.95 Å². The summed E-state index contributed by atoms with van der Waals surface area (Å²) < 4.78 is 47.8. The molecule has 0 aliphatic heterocycles. The van der Waals surface area contributed by atoms with Gasteiger partial charge in [-0.2, -0.15) is 16.8 Å². The second-order valence-corrected chi connectivity index (χ2v) is 6.08. The van der Waals surface area contributed by atoms with Gasteiger partial charge in [0.15, 0.2) is 0 Å². The van der Waals surface area contributed by atoms with Crippen LogP contribution in [0.15, 0.2) is 0 Å². The molecule has 88 valence electrons. The van der Waals surface area contributed by atoms with E-state index in [-0.39, 0.29) is 42.6 Å². The third-order valence-corrected chi connectivity index (χ3v) is 4.28. The van der Waals surface area contributed by atoms with E-state index in [0.29, 0.717) is 0 Å². The predicted octanol–water partition coefficient (Wildman–Crippen LogP) is -2.81. The summed E-state index contributed by atoms with van der Waals surface area (Å²) in [7, 11) is -6.54. The second-order valence-electron chi connectivity index (χ2n) is 2.48. The molecule has 0 radical (unpaired) electrons. The Bertz CT molecular complexity index is 352. The zero-order chi connectivity index (χ0) is 11.2. The van der Waals surface area contributed by atoms with Crippen molar-refractivity contribution in [3.63, 3.8) is 0 Å². The van der Waals surface area contributed by atoms with Crippen LogP contribution in [0.25, 0.3) is 0 Å². The molecule has 0 atom stereocenters. The van der Waals surface area contributed by atoms with Gasteiger partial charge in [0.05, 0.1) is 11.5 Å². The van der Waals surface area contributed by atoms with Gasteiger partial charge < -0.3 is 11.1 Å². The molecule has 15 heavy (non-hydrogen) atoms. The van der Waals surface area contributed by atoms with Crippen LogP contribution in [0.3, 0.4) is 0 Å². The maximum absolute atomic E-state index is 11.0. The fourth-order valence-electron chi connectivity index (χ4n) is 0.597. The summed E-state index contributed by atoms with van der Waals surface area (Å²) in [6.45, 7) is -0.0512. The van der Waals surface area contributed by atoms with Gasteiger partial charge >= 0.3 is 29.6 Å². The first-order chi connectivity index (χ1) is 6.33. The summed E-state index contributed by atoms with van der Waals surface area (Å²) in [4.78, 5) is 0. The molecule has 0 spiro atoms. The SMILES string of the molecule is CNCCS(=O)(=O)OS(=O)(=O)CCN.[NaH]. The summed E-state index contributed by atoms with van der Waals surface area (Å²) >= 11 is 0. The van der Waals surface area contributed by atoms with Crippen LogP contribution in [0, 0.1) is 0 Å². The molecular weight excluding hydrogens is 255 g/mol. The Balaban J connectivity index is 0. The van der Waals surface area contributed by atoms with Crippen molar-refractivity contribution in [3.05, 3.63) is 0 Å². The average Bonchev–Trinajstić information content (AvgIpc) is 1.98. The molecular formula is C5H15N2NaO5S2. The van der Waals surface area contributed by atoms with Crippen LogP contribution >= 0.6 is 0 Å². The number of nitrogens with two attached hydrogens (primary N) is 1. The molecule has 0 aromatic rings. The predicted molar refractivity (Wildman–Crippen MR) is 58.8 cm³/mol. The molecule has 0 saturated heterocycles. The van der Waals surface area contributed by atoms with Crippen LogP contribution in [0.5, 0.6) is 0 Å². The van der Waals surface area contributed by atoms with E-state index in [1.165, 1.54) is 0 Å². The zero-order valence-electron chi connectivity index (χ0n) is 7.76. The summed E-state index contributed by atoms with van der Waals surface area (Å²) in [5.41, 5.74) is 4.97. The summed E-state index contributed by atoms with van der Waals surface area (Å²) in [5, 5.41) is 2.56. The van der Waals surface area contributed by atoms with Crippen molar-refractivity contribution >= 4 is 49.8 Å². The van der Waals surface area contributed by atoms with Gasteiger partial charge in [-0.1, -0.05) is 0 Å². The topological polar surface area (TPSA) is 116 Å². The third kappa shape index (κ3) is 9.69. The van der Waals surface area contributed by atoms with E-state index >= 15 is 0 Å². The molecule has 7 nitrogen and oxygen atoms in total. The van der Waals surface area contributed by atoms with Gasteiger partial charge in [-0.15, -0.1) is 3.63 Å². The number of hydrogen-bond acceptors (Lipinski definition) is 7. The third-order valence-electron chi connectivity index (χ3n) is 1.18. The van der Waals surface area contributed by atoms with Gasteiger partial charge in [-0.25, -0.2) is 0 Å². The van der Waals surface area contributed by atoms with Gasteiger partial charge in [0.2, 0.25) is 0 Å². The van der Waals surface area contributed by atoms with Crippen molar-refractivity contribution in [2.45, 2.75) is 0 Å². The van der Waals surface area contributed by atoms with Crippen LogP contribution in [0.4, 0.5) is 0 Å². The van der Waals surface area contributed by atoms with Crippen LogP contribution in [0.2, 0.25) is 0 Å². The Labute approximate surface area is 112 Å². The van der Waals surface area contributed by atoms with E-state index in [1.807, 2.05) is 0 Å². The quantitative estimate of drug-likeness (QED) is 0.480. The second kappa shape index (κ2) is 7.96. The molecule has 0 amide bonds. The van der Waals surface area contributed by atoms with Crippen LogP contribution in [-0.2, 0) is 23.9 Å². The summed E-state index contributed by atoms with van der Waals surface area (Å²) in [6.07, 6.45) is 0. The fourth-order valence-corrected chi connectivity index (χ4v) is 3.15. The Morgan fingerprint density at radius 2 is 1.60 bits per heavy atom. The molecule has 0 aromatic heterocycles. The van der Waals surface area contributed by atoms with Crippen molar-refractivity contribution < 1.29 is 20.5 Å². The normalized spacial score (nSPS) is 12.1. The van der Waals surface area contributed by atoms with Crippen molar-refractivity contribution in [2.75, 3.05) is 31.6 Å². The van der Waals surface area contributed by atoms with E-state index in [1.54, 1.807) is 7.05 Å². The number of hydrogen-bond donors (Lipinski definition) is 2. The molecule has 0 heterocycles. The minimum absolute atomic E-state index is 0. The van der Waals surface area contributed by atoms with Crippen LogP contribution < -0.4 is 11.1 Å². The van der Waals surface area contributed by atoms with Gasteiger partial charge in [0, 0.05) is 13.1 Å². The monoisotopic (exact) mass is 270 g/mol. The molecule has 0 saturated carbocycles. The first-order valence-electron chi connectivity index (χ1n) is 3.84. The van der Waals surface area contributed by atoms with Gasteiger partial charge in [0.25, 0.3) is 20.2 Å². The number of nitrogens with one attached hydrogen (secondary N) is 1. The first kappa shape index (κ1) is 18.2. The Hall–Kier alpha value is 0.780. The molecule has 0 aliphatic rings. The van der Waals surface area contributed by atoms with Crippen LogP contribution in [0.1, 0.15) is 0 Å². The molecule has 0 aliphatic carbocycles. The first-order valence-corrected chi connectivity index (χ1v) is 6.99. The molecule has 0 fully saturated rings. The molecule has 0 unspecified atom stereocenters. The molecule has 0 rings (SSSR count). The standard InChI is InChI=1S/C5H14N2O5S2.Na.H/c1-7-3-5-14(10,11)12-13(8,9)4-2-6;;/h7H,2-6H2,1H3;;. The van der Waals surface area contributed by atoms with Crippen molar-refractivity contribution in [1.82, 2.24) is 5.32 Å². The molecule has 0 bridgehead atoms. The zero-order valence-corrected chi connectivity index (χ0v) is 9.40. The van der Waals surface area contributed by atoms with Crippen molar-refractivity contribution in [2.24, 2.45) is 5.73 Å². The van der Waals surface area contributed by atoms with Gasteiger partial charge in [-0.3, -0.25) is 0 Å². The Morgan fingerprint density at radius 3 is 2.00 bits per heavy atom. The fraction of sp³-hybridized carbons (Fsp3) is 1.00. The summed E-state index contributed by atoms with van der Waals surface area (Å²) in [6, 6.07) is 0. The van der Waals surface area contributed by atoms with E-state index in [4.69, 9.17) is 5.73 Å². The Kier molecular flexibility index (Phi) is 9.63. The molecule has 3 N–H and O–H groups in total. The maximum atomic E-state index is 11.0. The van der Waals surface area contributed by atoms with Crippen LogP contribution in [-0.4, -0.2) is 78.0 Å². The Morgan fingerprint density at radius 1 is 1.13 bits per heavy atom. The van der Waals surface area contributed by atoms with Crippen molar-refractivity contribution in [3.8, 4) is 0 Å². The van der Waals surface area contributed by atoms with Gasteiger partial charge in [-0.05, 0) is 7.05 Å².